The van der Waals surface area contributed by atoms with Crippen LogP contribution < -0.4 is 5.32 Å². The van der Waals surface area contributed by atoms with E-state index in [1.54, 1.807) is 6.20 Å². The van der Waals surface area contributed by atoms with E-state index in [4.69, 9.17) is 0 Å². The van der Waals surface area contributed by atoms with E-state index in [0.717, 1.165) is 17.1 Å². The molecule has 2 rings (SSSR count). The average molecular weight is 284 g/mol. The van der Waals surface area contributed by atoms with Crippen molar-refractivity contribution in [2.75, 3.05) is 6.54 Å². The second-order valence-corrected chi connectivity index (χ2v) is 5.08. The van der Waals surface area contributed by atoms with Gasteiger partial charge in [-0.25, -0.2) is 13.8 Å². The highest BCUT2D eigenvalue weighted by Crippen LogP contribution is 2.21. The topological polar surface area (TPSA) is 45.1 Å². The van der Waals surface area contributed by atoms with E-state index in [-0.39, 0.29) is 18.2 Å². The summed E-state index contributed by atoms with van der Waals surface area (Å²) < 4.78 is 26.9. The van der Waals surface area contributed by atoms with Crippen molar-refractivity contribution in [3.63, 3.8) is 0 Å². The summed E-state index contributed by atoms with van der Waals surface area (Å²) in [6.45, 7) is 1.93. The van der Waals surface area contributed by atoms with E-state index in [9.17, 15) is 13.9 Å². The predicted octanol–water partition coefficient (Wildman–Crippen LogP) is 2.81. The summed E-state index contributed by atoms with van der Waals surface area (Å²) in [6.07, 6.45) is 0.453. The molecule has 0 fully saturated rings. The van der Waals surface area contributed by atoms with Crippen molar-refractivity contribution in [3.8, 4) is 0 Å². The Morgan fingerprint density at radius 3 is 2.63 bits per heavy atom. The van der Waals surface area contributed by atoms with Crippen molar-refractivity contribution in [2.45, 2.75) is 19.1 Å². The van der Waals surface area contributed by atoms with Crippen LogP contribution in [0.25, 0.3) is 0 Å². The highest BCUT2D eigenvalue weighted by Gasteiger charge is 2.18. The van der Waals surface area contributed by atoms with Crippen LogP contribution in [0, 0.1) is 11.6 Å². The van der Waals surface area contributed by atoms with Gasteiger partial charge in [0.15, 0.2) is 0 Å². The zero-order valence-electron chi connectivity index (χ0n) is 10.3. The molecule has 1 aromatic carbocycles. The molecule has 0 bridgehead atoms. The van der Waals surface area contributed by atoms with E-state index in [1.165, 1.54) is 17.4 Å². The molecular weight excluding hydrogens is 270 g/mol. The molecule has 2 unspecified atom stereocenters. The van der Waals surface area contributed by atoms with Gasteiger partial charge in [0.25, 0.3) is 0 Å². The molecule has 2 aromatic rings. The lowest BCUT2D eigenvalue weighted by atomic mass is 10.1. The first-order chi connectivity index (χ1) is 9.09. The minimum absolute atomic E-state index is 0.0542. The van der Waals surface area contributed by atoms with Gasteiger partial charge in [0, 0.05) is 18.1 Å². The first-order valence-electron chi connectivity index (χ1n) is 5.84. The molecule has 6 heteroatoms. The Morgan fingerprint density at radius 2 is 2.05 bits per heavy atom. The first kappa shape index (κ1) is 14.0. The molecule has 1 heterocycles. The third kappa shape index (κ3) is 3.34. The number of benzene rings is 1. The fraction of sp³-hybridized carbons (Fsp3) is 0.308. The number of nitrogens with zero attached hydrogens (tertiary/aromatic N) is 1. The standard InChI is InChI=1S/C13H14F2N2OS/c1-8(13-16-5-6-19-13)17-7-11(18)12-9(14)3-2-4-10(12)15/h2-6,8,11,17-18H,7H2,1H3. The number of aromatic nitrogens is 1. The largest absolute Gasteiger partial charge is 0.387 e. The zero-order valence-corrected chi connectivity index (χ0v) is 11.1. The Labute approximate surface area is 113 Å². The Bertz CT molecular complexity index is 513. The summed E-state index contributed by atoms with van der Waals surface area (Å²) in [7, 11) is 0. The minimum Gasteiger partial charge on any atom is -0.387 e. The Kier molecular flexibility index (Phi) is 4.57. The van der Waals surface area contributed by atoms with Gasteiger partial charge in [-0.15, -0.1) is 11.3 Å². The Morgan fingerprint density at radius 1 is 1.37 bits per heavy atom. The van der Waals surface area contributed by atoms with Crippen LogP contribution in [-0.4, -0.2) is 16.6 Å². The summed E-state index contributed by atoms with van der Waals surface area (Å²) >= 11 is 1.48. The fourth-order valence-electron chi connectivity index (χ4n) is 1.76. The van der Waals surface area contributed by atoms with E-state index < -0.39 is 17.7 Å². The number of rotatable bonds is 5. The molecule has 0 radical (unpaired) electrons. The highest BCUT2D eigenvalue weighted by atomic mass is 32.1. The van der Waals surface area contributed by atoms with Crippen molar-refractivity contribution < 1.29 is 13.9 Å². The molecule has 0 spiro atoms. The number of aliphatic hydroxyl groups is 1. The molecule has 0 saturated heterocycles. The maximum atomic E-state index is 13.5. The Hall–Kier alpha value is -1.37. The van der Waals surface area contributed by atoms with Crippen molar-refractivity contribution >= 4 is 11.3 Å². The van der Waals surface area contributed by atoms with Gasteiger partial charge in [0.05, 0.1) is 17.7 Å². The molecule has 3 nitrogen and oxygen atoms in total. The lowest BCUT2D eigenvalue weighted by Gasteiger charge is -2.16. The van der Waals surface area contributed by atoms with Crippen LogP contribution in [-0.2, 0) is 0 Å². The van der Waals surface area contributed by atoms with Crippen LogP contribution in [0.5, 0.6) is 0 Å². The molecule has 1 aromatic heterocycles. The summed E-state index contributed by atoms with van der Waals surface area (Å²) in [5, 5.41) is 15.6. The minimum atomic E-state index is -1.23. The summed E-state index contributed by atoms with van der Waals surface area (Å²) in [5.41, 5.74) is -0.304. The fourth-order valence-corrected chi connectivity index (χ4v) is 2.43. The molecule has 102 valence electrons. The molecule has 19 heavy (non-hydrogen) atoms. The van der Waals surface area contributed by atoms with Gasteiger partial charge in [-0.2, -0.15) is 0 Å². The predicted molar refractivity (Wildman–Crippen MR) is 69.8 cm³/mol. The molecular formula is C13H14F2N2OS. The number of nitrogens with one attached hydrogen (secondary N) is 1. The monoisotopic (exact) mass is 284 g/mol. The Balaban J connectivity index is 2.00. The van der Waals surface area contributed by atoms with E-state index >= 15 is 0 Å². The zero-order chi connectivity index (χ0) is 13.8. The molecule has 0 aliphatic heterocycles. The molecule has 0 amide bonds. The number of halogens is 2. The smallest absolute Gasteiger partial charge is 0.131 e. The van der Waals surface area contributed by atoms with Crippen LogP contribution in [0.2, 0.25) is 0 Å². The van der Waals surface area contributed by atoms with Crippen molar-refractivity contribution in [1.29, 1.82) is 0 Å². The second kappa shape index (κ2) is 6.18. The third-order valence-electron chi connectivity index (χ3n) is 2.77. The summed E-state index contributed by atoms with van der Waals surface area (Å²) in [4.78, 5) is 4.13. The van der Waals surface area contributed by atoms with E-state index in [2.05, 4.69) is 10.3 Å². The van der Waals surface area contributed by atoms with Gasteiger partial charge in [0.1, 0.15) is 16.6 Å². The van der Waals surface area contributed by atoms with Gasteiger partial charge in [-0.3, -0.25) is 0 Å². The van der Waals surface area contributed by atoms with Crippen molar-refractivity contribution in [1.82, 2.24) is 10.3 Å². The van der Waals surface area contributed by atoms with Crippen LogP contribution in [0.15, 0.2) is 29.8 Å². The van der Waals surface area contributed by atoms with Gasteiger partial charge in [0.2, 0.25) is 0 Å². The maximum Gasteiger partial charge on any atom is 0.131 e. The van der Waals surface area contributed by atoms with Crippen LogP contribution in [0.3, 0.4) is 0 Å². The van der Waals surface area contributed by atoms with Crippen LogP contribution in [0.1, 0.15) is 29.6 Å². The van der Waals surface area contributed by atoms with Gasteiger partial charge in [-0.1, -0.05) is 6.07 Å². The summed E-state index contributed by atoms with van der Waals surface area (Å²) in [5.74, 6) is -1.48. The lowest BCUT2D eigenvalue weighted by molar-refractivity contribution is 0.161. The van der Waals surface area contributed by atoms with E-state index in [1.807, 2.05) is 12.3 Å². The average Bonchev–Trinajstić information content (AvgIpc) is 2.89. The van der Waals surface area contributed by atoms with Gasteiger partial charge in [-0.05, 0) is 19.1 Å². The third-order valence-corrected chi connectivity index (χ3v) is 3.73. The molecule has 0 saturated carbocycles. The van der Waals surface area contributed by atoms with Crippen molar-refractivity contribution in [2.24, 2.45) is 0 Å². The summed E-state index contributed by atoms with van der Waals surface area (Å²) in [6, 6.07) is 3.45. The highest BCUT2D eigenvalue weighted by molar-refractivity contribution is 7.09. The SMILES string of the molecule is CC(NCC(O)c1c(F)cccc1F)c1nccs1. The maximum absolute atomic E-state index is 13.5. The molecule has 2 N–H and O–H groups in total. The van der Waals surface area contributed by atoms with E-state index in [0.29, 0.717) is 0 Å². The molecule has 2 atom stereocenters. The lowest BCUT2D eigenvalue weighted by Crippen LogP contribution is -2.25. The van der Waals surface area contributed by atoms with Gasteiger partial charge < -0.3 is 10.4 Å². The number of hydrogen-bond donors (Lipinski definition) is 2. The molecule has 0 aliphatic carbocycles. The number of thiazole rings is 1. The quantitative estimate of drug-likeness (QED) is 0.887. The number of hydrogen-bond acceptors (Lipinski definition) is 4. The second-order valence-electron chi connectivity index (χ2n) is 4.15. The van der Waals surface area contributed by atoms with Crippen molar-refractivity contribution in [3.05, 3.63) is 52.0 Å². The van der Waals surface area contributed by atoms with Crippen LogP contribution >= 0.6 is 11.3 Å². The van der Waals surface area contributed by atoms with Crippen LogP contribution in [0.4, 0.5) is 8.78 Å². The first-order valence-corrected chi connectivity index (χ1v) is 6.72. The normalized spacial score (nSPS) is 14.3. The van der Waals surface area contributed by atoms with Gasteiger partial charge >= 0.3 is 0 Å². The molecule has 0 aliphatic rings. The number of aliphatic hydroxyl groups excluding tert-OH is 1.